The molecule has 7 aromatic rings. The van der Waals surface area contributed by atoms with Gasteiger partial charge >= 0.3 is 0 Å². The van der Waals surface area contributed by atoms with Crippen LogP contribution in [0.3, 0.4) is 0 Å². The molecule has 202 valence electrons. The van der Waals surface area contributed by atoms with Crippen molar-refractivity contribution in [2.45, 2.75) is 39.5 Å². The maximum atomic E-state index is 14.9. The van der Waals surface area contributed by atoms with Crippen molar-refractivity contribution >= 4 is 33.1 Å². The summed E-state index contributed by atoms with van der Waals surface area (Å²) in [5, 5.41) is 1.94. The highest BCUT2D eigenvalue weighted by molar-refractivity contribution is 6.09. The average Bonchev–Trinajstić information content (AvgIpc) is 3.55. The number of pyridine rings is 1. The van der Waals surface area contributed by atoms with Crippen LogP contribution in [0.4, 0.5) is 4.39 Å². The van der Waals surface area contributed by atoms with Crippen LogP contribution in [0, 0.1) is 5.82 Å². The van der Waals surface area contributed by atoms with Crippen molar-refractivity contribution in [1.29, 1.82) is 0 Å². The number of fused-ring (bicyclic) bond motifs is 4. The quantitative estimate of drug-likeness (QED) is 0.219. The van der Waals surface area contributed by atoms with E-state index in [9.17, 15) is 4.39 Å². The molecule has 0 fully saturated rings. The second kappa shape index (κ2) is 9.70. The van der Waals surface area contributed by atoms with Crippen molar-refractivity contribution in [2.24, 2.45) is 0 Å². The van der Waals surface area contributed by atoms with Crippen LogP contribution in [-0.2, 0) is 0 Å². The first-order chi connectivity index (χ1) is 19.9. The lowest BCUT2D eigenvalue weighted by Gasteiger charge is -2.23. The van der Waals surface area contributed by atoms with Crippen molar-refractivity contribution < 1.29 is 8.81 Å². The van der Waals surface area contributed by atoms with Crippen LogP contribution in [0.1, 0.15) is 50.7 Å². The minimum Gasteiger partial charge on any atom is -0.437 e. The second-order valence-electron chi connectivity index (χ2n) is 11.2. The summed E-state index contributed by atoms with van der Waals surface area (Å²) in [6.45, 7) is 8.43. The Balaban J connectivity index is 1.54. The number of benzene rings is 4. The largest absolute Gasteiger partial charge is 0.437 e. The first-order valence-electron chi connectivity index (χ1n) is 14.1. The molecule has 0 saturated carbocycles. The number of halogens is 1. The first-order valence-corrected chi connectivity index (χ1v) is 14.1. The smallest absolute Gasteiger partial charge is 0.227 e. The fourth-order valence-electron chi connectivity index (χ4n) is 5.84. The third kappa shape index (κ3) is 4.12. The van der Waals surface area contributed by atoms with Crippen molar-refractivity contribution in [3.63, 3.8) is 0 Å². The van der Waals surface area contributed by atoms with E-state index in [-0.39, 0.29) is 17.7 Å². The third-order valence-electron chi connectivity index (χ3n) is 7.84. The Bertz CT molecular complexity index is 2040. The van der Waals surface area contributed by atoms with E-state index < -0.39 is 0 Å². The van der Waals surface area contributed by atoms with Crippen LogP contribution < -0.4 is 0 Å². The number of para-hydroxylation sites is 3. The minimum atomic E-state index is -0.216. The number of aromatic nitrogens is 3. The topological polar surface area (TPSA) is 43.9 Å². The van der Waals surface area contributed by atoms with Gasteiger partial charge in [0.2, 0.25) is 5.71 Å². The Morgan fingerprint density at radius 1 is 0.707 bits per heavy atom. The fourth-order valence-corrected chi connectivity index (χ4v) is 5.84. The number of nitrogens with zero attached hydrogens (tertiary/aromatic N) is 3. The standard InChI is InChI=1S/C36H30FN3O/c1-21(2)28-19-24(37)20-29(22(3)4)33(28)40-32-16-9-8-15-31(32)38-35(40)27-14-10-13-25-26-17-18-30(23-11-6-5-7-12-23)39-36(26)41-34(25)27/h5-22H,1-4H3. The predicted octanol–water partition coefficient (Wildman–Crippen LogP) is 10.0. The molecule has 0 radical (unpaired) electrons. The van der Waals surface area contributed by atoms with Gasteiger partial charge in [-0.2, -0.15) is 0 Å². The van der Waals surface area contributed by atoms with Gasteiger partial charge < -0.3 is 4.42 Å². The summed E-state index contributed by atoms with van der Waals surface area (Å²) in [6, 6.07) is 31.8. The van der Waals surface area contributed by atoms with Gasteiger partial charge in [0.25, 0.3) is 0 Å². The number of hydrogen-bond acceptors (Lipinski definition) is 3. The normalized spacial score (nSPS) is 12.0. The molecular formula is C36H30FN3O. The van der Waals surface area contributed by atoms with E-state index in [0.717, 1.165) is 66.8 Å². The molecule has 0 amide bonds. The maximum absolute atomic E-state index is 14.9. The van der Waals surface area contributed by atoms with Crippen LogP contribution >= 0.6 is 0 Å². The average molecular weight is 540 g/mol. The molecule has 0 atom stereocenters. The summed E-state index contributed by atoms with van der Waals surface area (Å²) >= 11 is 0. The van der Waals surface area contributed by atoms with Gasteiger partial charge in [-0.15, -0.1) is 0 Å². The van der Waals surface area contributed by atoms with Gasteiger partial charge in [-0.25, -0.2) is 14.4 Å². The van der Waals surface area contributed by atoms with E-state index >= 15 is 0 Å². The van der Waals surface area contributed by atoms with E-state index in [4.69, 9.17) is 14.4 Å². The number of imidazole rings is 1. The molecule has 0 spiro atoms. The van der Waals surface area contributed by atoms with E-state index in [1.807, 2.05) is 66.7 Å². The molecule has 41 heavy (non-hydrogen) atoms. The van der Waals surface area contributed by atoms with Crippen LogP contribution in [-0.4, -0.2) is 14.5 Å². The lowest BCUT2D eigenvalue weighted by molar-refractivity contribution is 0.617. The number of furan rings is 1. The van der Waals surface area contributed by atoms with Crippen molar-refractivity contribution in [2.75, 3.05) is 0 Å². The minimum absolute atomic E-state index is 0.106. The zero-order valence-corrected chi connectivity index (χ0v) is 23.5. The molecule has 0 saturated heterocycles. The summed E-state index contributed by atoms with van der Waals surface area (Å²) < 4.78 is 23.7. The van der Waals surface area contributed by atoms with Crippen LogP contribution in [0.2, 0.25) is 0 Å². The Labute approximate surface area is 238 Å². The molecule has 0 unspecified atom stereocenters. The van der Waals surface area contributed by atoms with Crippen LogP contribution in [0.25, 0.3) is 61.4 Å². The molecule has 0 bridgehead atoms. The zero-order valence-electron chi connectivity index (χ0n) is 23.5. The van der Waals surface area contributed by atoms with Crippen molar-refractivity contribution in [3.05, 3.63) is 114 Å². The molecule has 5 heteroatoms. The summed E-state index contributed by atoms with van der Waals surface area (Å²) in [7, 11) is 0. The monoisotopic (exact) mass is 539 g/mol. The molecule has 4 nitrogen and oxygen atoms in total. The molecular weight excluding hydrogens is 509 g/mol. The molecule has 0 aliphatic heterocycles. The summed E-state index contributed by atoms with van der Waals surface area (Å²) in [4.78, 5) is 10.0. The predicted molar refractivity (Wildman–Crippen MR) is 165 cm³/mol. The molecule has 0 N–H and O–H groups in total. The van der Waals surface area contributed by atoms with E-state index in [0.29, 0.717) is 5.71 Å². The van der Waals surface area contributed by atoms with E-state index in [1.54, 1.807) is 12.1 Å². The van der Waals surface area contributed by atoms with Gasteiger partial charge in [-0.05, 0) is 65.4 Å². The SMILES string of the molecule is CC(C)c1cc(F)cc(C(C)C)c1-n1c(-c2cccc3c2oc2nc(-c4ccccc4)ccc23)nc2ccccc21. The Morgan fingerprint density at radius 3 is 2.15 bits per heavy atom. The molecule has 0 aliphatic rings. The van der Waals surface area contributed by atoms with Crippen molar-refractivity contribution in [3.8, 4) is 28.3 Å². The highest BCUT2D eigenvalue weighted by atomic mass is 19.1. The zero-order chi connectivity index (χ0) is 28.2. The lowest BCUT2D eigenvalue weighted by Crippen LogP contribution is -2.09. The van der Waals surface area contributed by atoms with Gasteiger partial charge in [-0.3, -0.25) is 4.57 Å². The van der Waals surface area contributed by atoms with Crippen LogP contribution in [0.5, 0.6) is 0 Å². The lowest BCUT2D eigenvalue weighted by atomic mass is 9.92. The fraction of sp³-hybridized carbons (Fsp3) is 0.167. The first kappa shape index (κ1) is 25.2. The molecule has 3 aromatic heterocycles. The molecule has 4 aromatic carbocycles. The van der Waals surface area contributed by atoms with Gasteiger partial charge in [0.05, 0.1) is 28.0 Å². The molecule has 0 aliphatic carbocycles. The highest BCUT2D eigenvalue weighted by Gasteiger charge is 2.25. The Kier molecular flexibility index (Phi) is 5.97. The van der Waals surface area contributed by atoms with Gasteiger partial charge in [0, 0.05) is 16.3 Å². The Morgan fingerprint density at radius 2 is 1.41 bits per heavy atom. The van der Waals surface area contributed by atoms with E-state index in [1.165, 1.54) is 0 Å². The summed E-state index contributed by atoms with van der Waals surface area (Å²) in [6.07, 6.45) is 0. The highest BCUT2D eigenvalue weighted by Crippen LogP contribution is 2.41. The van der Waals surface area contributed by atoms with Gasteiger partial charge in [0.15, 0.2) is 0 Å². The summed E-state index contributed by atoms with van der Waals surface area (Å²) in [5.74, 6) is 0.756. The van der Waals surface area contributed by atoms with E-state index in [2.05, 4.69) is 50.5 Å². The maximum Gasteiger partial charge on any atom is 0.227 e. The second-order valence-corrected chi connectivity index (χ2v) is 11.2. The number of rotatable bonds is 5. The number of hydrogen-bond donors (Lipinski definition) is 0. The van der Waals surface area contributed by atoms with Gasteiger partial charge in [0.1, 0.15) is 17.2 Å². The summed E-state index contributed by atoms with van der Waals surface area (Å²) in [5.41, 5.74) is 8.80. The third-order valence-corrected chi connectivity index (χ3v) is 7.84. The molecule has 7 rings (SSSR count). The Hall–Kier alpha value is -4.77. The van der Waals surface area contributed by atoms with Gasteiger partial charge in [-0.1, -0.05) is 82.3 Å². The molecule has 3 heterocycles. The van der Waals surface area contributed by atoms with Crippen LogP contribution in [0.15, 0.2) is 101 Å². The van der Waals surface area contributed by atoms with Crippen molar-refractivity contribution in [1.82, 2.24) is 14.5 Å².